The number of rotatable bonds is 5. The molecule has 0 aromatic heterocycles. The Labute approximate surface area is 167 Å². The van der Waals surface area contributed by atoms with Crippen molar-refractivity contribution in [1.82, 2.24) is 5.43 Å². The number of amides is 1. The third kappa shape index (κ3) is 4.14. The Morgan fingerprint density at radius 1 is 0.966 bits per heavy atom. The Bertz CT molecular complexity index is 1050. The highest BCUT2D eigenvalue weighted by Gasteiger charge is 2.18. The van der Waals surface area contributed by atoms with Crippen molar-refractivity contribution >= 4 is 23.5 Å². The maximum atomic E-state index is 12.3. The third-order valence-electron chi connectivity index (χ3n) is 4.82. The summed E-state index contributed by atoms with van der Waals surface area (Å²) in [6.45, 7) is 1.72. The van der Waals surface area contributed by atoms with E-state index in [4.69, 9.17) is 0 Å². The Kier molecular flexibility index (Phi) is 5.03. The molecule has 1 N–H and O–H groups in total. The van der Waals surface area contributed by atoms with Gasteiger partial charge in [0.15, 0.2) is 0 Å². The minimum absolute atomic E-state index is 0.00683. The Hall–Kier alpha value is -4.00. The largest absolute Gasteiger partial charge is 0.363 e. The minimum Gasteiger partial charge on any atom is -0.363 e. The number of nitrogens with one attached hydrogen (secondary N) is 1. The molecule has 0 saturated heterocycles. The second-order valence-corrected chi connectivity index (χ2v) is 6.72. The van der Waals surface area contributed by atoms with Gasteiger partial charge in [-0.25, -0.2) is 5.43 Å². The van der Waals surface area contributed by atoms with Crippen molar-refractivity contribution in [2.45, 2.75) is 13.1 Å². The van der Waals surface area contributed by atoms with Gasteiger partial charge in [-0.2, -0.15) is 5.10 Å². The standard InChI is InChI=1S/C22H18N4O3/c27-22(24-23-13-16-5-9-21(10-6-16)26(28)29)17-7-11-20(12-8-17)25-14-18-3-1-2-4-19(18)15-25/h1-13H,14-15H2,(H,24,27)/b23-13-. The van der Waals surface area contributed by atoms with Gasteiger partial charge in [-0.15, -0.1) is 0 Å². The lowest BCUT2D eigenvalue weighted by atomic mass is 10.1. The van der Waals surface area contributed by atoms with E-state index < -0.39 is 4.92 Å². The lowest BCUT2D eigenvalue weighted by Crippen LogP contribution is -2.18. The zero-order valence-corrected chi connectivity index (χ0v) is 15.5. The molecular weight excluding hydrogens is 368 g/mol. The average molecular weight is 386 g/mol. The number of nitro groups is 1. The van der Waals surface area contributed by atoms with E-state index in [0.29, 0.717) is 11.1 Å². The number of hydrogen-bond acceptors (Lipinski definition) is 5. The summed E-state index contributed by atoms with van der Waals surface area (Å²) < 4.78 is 0. The van der Waals surface area contributed by atoms with E-state index in [0.717, 1.165) is 18.8 Å². The summed E-state index contributed by atoms with van der Waals surface area (Å²) in [4.78, 5) is 24.7. The van der Waals surface area contributed by atoms with Crippen molar-refractivity contribution in [1.29, 1.82) is 0 Å². The maximum absolute atomic E-state index is 12.3. The molecule has 1 aliphatic heterocycles. The second-order valence-electron chi connectivity index (χ2n) is 6.72. The van der Waals surface area contributed by atoms with Crippen molar-refractivity contribution < 1.29 is 9.72 Å². The van der Waals surface area contributed by atoms with Crippen LogP contribution in [0, 0.1) is 10.1 Å². The van der Waals surface area contributed by atoms with E-state index in [1.807, 2.05) is 24.3 Å². The van der Waals surface area contributed by atoms with Gasteiger partial charge in [-0.05, 0) is 53.1 Å². The second kappa shape index (κ2) is 7.93. The number of carbonyl (C=O) groups is 1. The van der Waals surface area contributed by atoms with Crippen LogP contribution in [0.5, 0.6) is 0 Å². The van der Waals surface area contributed by atoms with E-state index >= 15 is 0 Å². The minimum atomic E-state index is -0.465. The van der Waals surface area contributed by atoms with Crippen LogP contribution in [-0.2, 0) is 13.1 Å². The number of nitro benzene ring substituents is 1. The quantitative estimate of drug-likeness (QED) is 0.409. The first-order valence-electron chi connectivity index (χ1n) is 9.10. The smallest absolute Gasteiger partial charge is 0.271 e. The predicted molar refractivity (Wildman–Crippen MR) is 111 cm³/mol. The first-order valence-corrected chi connectivity index (χ1v) is 9.10. The van der Waals surface area contributed by atoms with Crippen LogP contribution < -0.4 is 10.3 Å². The van der Waals surface area contributed by atoms with Crippen molar-refractivity contribution in [3.63, 3.8) is 0 Å². The number of anilines is 1. The van der Waals surface area contributed by atoms with E-state index in [9.17, 15) is 14.9 Å². The number of fused-ring (bicyclic) bond motifs is 1. The van der Waals surface area contributed by atoms with Crippen molar-refractivity contribution in [3.05, 3.63) is 105 Å². The summed E-state index contributed by atoms with van der Waals surface area (Å²) in [6, 6.07) is 21.7. The predicted octanol–water partition coefficient (Wildman–Crippen LogP) is 3.88. The molecule has 0 unspecified atom stereocenters. The summed E-state index contributed by atoms with van der Waals surface area (Å²) in [5, 5.41) is 14.6. The monoisotopic (exact) mass is 386 g/mol. The van der Waals surface area contributed by atoms with Crippen LogP contribution in [0.15, 0.2) is 77.9 Å². The Morgan fingerprint density at radius 3 is 2.17 bits per heavy atom. The van der Waals surface area contributed by atoms with Crippen LogP contribution in [0.4, 0.5) is 11.4 Å². The van der Waals surface area contributed by atoms with Gasteiger partial charge >= 0.3 is 0 Å². The van der Waals surface area contributed by atoms with Gasteiger partial charge < -0.3 is 4.90 Å². The molecule has 0 atom stereocenters. The van der Waals surface area contributed by atoms with E-state index in [-0.39, 0.29) is 11.6 Å². The van der Waals surface area contributed by atoms with Crippen molar-refractivity contribution in [2.24, 2.45) is 5.10 Å². The SMILES string of the molecule is O=C(N/N=C\c1ccc([N+](=O)[O-])cc1)c1ccc(N2Cc3ccccc3C2)cc1. The molecular formula is C22H18N4O3. The Morgan fingerprint density at radius 2 is 1.59 bits per heavy atom. The highest BCUT2D eigenvalue weighted by molar-refractivity contribution is 5.95. The molecule has 1 aliphatic rings. The van der Waals surface area contributed by atoms with Crippen LogP contribution >= 0.6 is 0 Å². The number of hydrogen-bond donors (Lipinski definition) is 1. The van der Waals surface area contributed by atoms with Gasteiger partial charge in [0.2, 0.25) is 0 Å². The highest BCUT2D eigenvalue weighted by Crippen LogP contribution is 2.28. The van der Waals surface area contributed by atoms with Crippen LogP contribution in [0.25, 0.3) is 0 Å². The summed E-state index contributed by atoms with van der Waals surface area (Å²) in [7, 11) is 0. The molecule has 144 valence electrons. The molecule has 1 amide bonds. The molecule has 7 nitrogen and oxygen atoms in total. The highest BCUT2D eigenvalue weighted by atomic mass is 16.6. The van der Waals surface area contributed by atoms with Gasteiger partial charge in [0.25, 0.3) is 11.6 Å². The third-order valence-corrected chi connectivity index (χ3v) is 4.82. The average Bonchev–Trinajstić information content (AvgIpc) is 3.18. The van der Waals surface area contributed by atoms with Crippen LogP contribution in [0.3, 0.4) is 0 Å². The molecule has 0 bridgehead atoms. The lowest BCUT2D eigenvalue weighted by Gasteiger charge is -2.17. The summed E-state index contributed by atoms with van der Waals surface area (Å²) >= 11 is 0. The molecule has 3 aromatic rings. The van der Waals surface area contributed by atoms with Gasteiger partial charge in [-0.1, -0.05) is 24.3 Å². The topological polar surface area (TPSA) is 87.8 Å². The lowest BCUT2D eigenvalue weighted by molar-refractivity contribution is -0.384. The van der Waals surface area contributed by atoms with Crippen LogP contribution in [0.2, 0.25) is 0 Å². The molecule has 1 heterocycles. The van der Waals surface area contributed by atoms with Crippen LogP contribution in [-0.4, -0.2) is 17.0 Å². The summed E-state index contributed by atoms with van der Waals surface area (Å²) in [5.41, 5.74) is 7.36. The van der Waals surface area contributed by atoms with Gasteiger partial charge in [0.05, 0.1) is 11.1 Å². The molecule has 0 saturated carbocycles. The first kappa shape index (κ1) is 18.4. The molecule has 3 aromatic carbocycles. The van der Waals surface area contributed by atoms with Gasteiger partial charge in [-0.3, -0.25) is 14.9 Å². The van der Waals surface area contributed by atoms with Crippen molar-refractivity contribution in [2.75, 3.05) is 4.90 Å². The maximum Gasteiger partial charge on any atom is 0.271 e. The zero-order valence-electron chi connectivity index (χ0n) is 15.5. The fraction of sp³-hybridized carbons (Fsp3) is 0.0909. The number of benzene rings is 3. The summed E-state index contributed by atoms with van der Waals surface area (Å²) in [6.07, 6.45) is 1.44. The van der Waals surface area contributed by atoms with E-state index in [2.05, 4.69) is 27.6 Å². The molecule has 0 fully saturated rings. The first-order chi connectivity index (χ1) is 14.1. The fourth-order valence-corrected chi connectivity index (χ4v) is 3.25. The van der Waals surface area contributed by atoms with Crippen molar-refractivity contribution in [3.8, 4) is 0 Å². The number of carbonyl (C=O) groups excluding carboxylic acids is 1. The molecule has 4 rings (SSSR count). The zero-order chi connectivity index (χ0) is 20.2. The van der Waals surface area contributed by atoms with Gasteiger partial charge in [0.1, 0.15) is 0 Å². The van der Waals surface area contributed by atoms with Crippen LogP contribution in [0.1, 0.15) is 27.0 Å². The number of nitrogens with zero attached hydrogens (tertiary/aromatic N) is 3. The normalized spacial score (nSPS) is 12.8. The fourth-order valence-electron chi connectivity index (χ4n) is 3.25. The molecule has 7 heteroatoms. The van der Waals surface area contributed by atoms with E-state index in [1.165, 1.54) is 29.5 Å². The molecule has 0 radical (unpaired) electrons. The molecule has 0 aliphatic carbocycles. The van der Waals surface area contributed by atoms with E-state index in [1.54, 1.807) is 24.3 Å². The Balaban J connectivity index is 1.35. The molecule has 0 spiro atoms. The number of hydrazone groups is 1. The summed E-state index contributed by atoms with van der Waals surface area (Å²) in [5.74, 6) is -0.320. The van der Waals surface area contributed by atoms with Gasteiger partial charge in [0, 0.05) is 36.5 Å². The molecule has 29 heavy (non-hydrogen) atoms. The number of non-ortho nitro benzene ring substituents is 1.